The number of aromatic nitrogens is 3. The van der Waals surface area contributed by atoms with Crippen LogP contribution < -0.4 is 10.6 Å². The second kappa shape index (κ2) is 7.97. The molecule has 0 bridgehead atoms. The number of carbonyl (C=O) groups excluding carboxylic acids is 1. The van der Waals surface area contributed by atoms with Crippen molar-refractivity contribution in [3.05, 3.63) is 65.1 Å². The van der Waals surface area contributed by atoms with E-state index in [0.717, 1.165) is 6.07 Å². The Hall–Kier alpha value is -3.69. The van der Waals surface area contributed by atoms with Crippen LogP contribution in [-0.2, 0) is 6.18 Å². The molecular weight excluding hydrogens is 397 g/mol. The number of nitrogens with one attached hydrogen (secondary N) is 3. The van der Waals surface area contributed by atoms with Crippen LogP contribution in [0.3, 0.4) is 0 Å². The quantitative estimate of drug-likeness (QED) is 0.448. The molecular formula is C20H19F3N6O. The molecule has 0 saturated carbocycles. The van der Waals surface area contributed by atoms with Crippen LogP contribution in [0.4, 0.5) is 13.2 Å². The molecule has 3 N–H and O–H groups in total. The summed E-state index contributed by atoms with van der Waals surface area (Å²) in [6.45, 7) is 3.28. The minimum atomic E-state index is -4.55. The van der Waals surface area contributed by atoms with Crippen molar-refractivity contribution in [2.24, 2.45) is 0 Å². The van der Waals surface area contributed by atoms with Gasteiger partial charge in [-0.3, -0.25) is 10.2 Å². The third kappa shape index (κ3) is 4.02. The molecule has 156 valence electrons. The number of imidazole rings is 1. The Morgan fingerprint density at radius 2 is 1.93 bits per heavy atom. The molecule has 1 aromatic carbocycles. The summed E-state index contributed by atoms with van der Waals surface area (Å²) in [5, 5.41) is 17.2. The maximum absolute atomic E-state index is 13.5. The number of amidine groups is 1. The third-order valence-electron chi connectivity index (χ3n) is 4.33. The van der Waals surface area contributed by atoms with Crippen LogP contribution in [0.1, 0.15) is 27.3 Å². The molecule has 0 aliphatic heterocycles. The van der Waals surface area contributed by atoms with Gasteiger partial charge in [0, 0.05) is 12.6 Å². The fourth-order valence-electron chi connectivity index (χ4n) is 3.01. The van der Waals surface area contributed by atoms with Crippen LogP contribution in [0.2, 0.25) is 0 Å². The van der Waals surface area contributed by atoms with Gasteiger partial charge in [-0.1, -0.05) is 18.2 Å². The first-order valence-corrected chi connectivity index (χ1v) is 8.90. The normalized spacial score (nSPS) is 11.8. The molecule has 0 aliphatic rings. The predicted octanol–water partition coefficient (Wildman–Crippen LogP) is 3.47. The molecule has 2 aromatic heterocycles. The van der Waals surface area contributed by atoms with Crippen molar-refractivity contribution in [1.29, 1.82) is 5.41 Å². The van der Waals surface area contributed by atoms with E-state index >= 15 is 0 Å². The maximum Gasteiger partial charge on any atom is 0.417 e. The van der Waals surface area contributed by atoms with Gasteiger partial charge in [0.1, 0.15) is 5.84 Å². The molecule has 10 heteroatoms. The summed E-state index contributed by atoms with van der Waals surface area (Å²) in [6.07, 6.45) is -1.74. The number of carbonyl (C=O) groups is 1. The van der Waals surface area contributed by atoms with E-state index < -0.39 is 17.6 Å². The number of nitrogens with zero attached hydrogens (tertiary/aromatic N) is 3. The van der Waals surface area contributed by atoms with Gasteiger partial charge in [0.05, 0.1) is 17.0 Å². The lowest BCUT2D eigenvalue weighted by molar-refractivity contribution is -0.137. The number of fused-ring (bicyclic) bond motifs is 1. The predicted molar refractivity (Wildman–Crippen MR) is 106 cm³/mol. The monoisotopic (exact) mass is 416 g/mol. The number of benzene rings is 1. The number of aryl methyl sites for hydroxylation is 2. The second-order valence-electron chi connectivity index (χ2n) is 6.53. The number of hydrogen-bond acceptors (Lipinski definition) is 5. The molecule has 0 radical (unpaired) electrons. The second-order valence-corrected chi connectivity index (χ2v) is 6.53. The van der Waals surface area contributed by atoms with Crippen LogP contribution in [0, 0.1) is 19.3 Å². The van der Waals surface area contributed by atoms with E-state index in [9.17, 15) is 18.0 Å². The lowest BCUT2D eigenvalue weighted by Crippen LogP contribution is -2.30. The van der Waals surface area contributed by atoms with Crippen LogP contribution >= 0.6 is 0 Å². The topological polar surface area (TPSA) is 95.2 Å². The van der Waals surface area contributed by atoms with Crippen LogP contribution in [0.5, 0.6) is 0 Å². The van der Waals surface area contributed by atoms with Crippen LogP contribution in [0.15, 0.2) is 42.6 Å². The van der Waals surface area contributed by atoms with Crippen molar-refractivity contribution in [3.8, 4) is 11.3 Å². The van der Waals surface area contributed by atoms with E-state index in [1.807, 2.05) is 0 Å². The number of amides is 1. The Labute approximate surface area is 170 Å². The zero-order valence-electron chi connectivity index (χ0n) is 16.4. The van der Waals surface area contributed by atoms with Crippen LogP contribution in [0.25, 0.3) is 16.9 Å². The van der Waals surface area contributed by atoms with Crippen molar-refractivity contribution in [2.45, 2.75) is 20.0 Å². The Morgan fingerprint density at radius 3 is 2.60 bits per heavy atom. The molecule has 3 aromatic rings. The average molecular weight is 416 g/mol. The summed E-state index contributed by atoms with van der Waals surface area (Å²) < 4.78 is 41.6. The highest BCUT2D eigenvalue weighted by Crippen LogP contribution is 2.36. The summed E-state index contributed by atoms with van der Waals surface area (Å²) in [7, 11) is 1.65. The summed E-state index contributed by atoms with van der Waals surface area (Å²) in [6, 6.07) is 6.62. The highest BCUT2D eigenvalue weighted by Gasteiger charge is 2.34. The van der Waals surface area contributed by atoms with E-state index in [4.69, 9.17) is 5.41 Å². The van der Waals surface area contributed by atoms with Crippen molar-refractivity contribution in [3.63, 3.8) is 0 Å². The third-order valence-corrected chi connectivity index (χ3v) is 4.33. The van der Waals surface area contributed by atoms with E-state index in [2.05, 4.69) is 20.7 Å². The molecule has 2 heterocycles. The Balaban J connectivity index is 2.15. The van der Waals surface area contributed by atoms with E-state index in [1.54, 1.807) is 20.9 Å². The van der Waals surface area contributed by atoms with Gasteiger partial charge in [-0.2, -0.15) is 18.3 Å². The lowest BCUT2D eigenvalue weighted by atomic mass is 10.0. The van der Waals surface area contributed by atoms with Gasteiger partial charge in [0.15, 0.2) is 11.3 Å². The maximum atomic E-state index is 13.5. The summed E-state index contributed by atoms with van der Waals surface area (Å²) in [5.41, 5.74) is 0.435. The molecule has 0 fully saturated rings. The fraction of sp³-hybridized carbons (Fsp3) is 0.200. The van der Waals surface area contributed by atoms with Crippen molar-refractivity contribution >= 4 is 17.4 Å². The first-order chi connectivity index (χ1) is 14.1. The molecule has 0 spiro atoms. The number of hydrogen-bond donors (Lipinski definition) is 3. The smallest absolute Gasteiger partial charge is 0.394 e. The molecule has 1 amide bonds. The van der Waals surface area contributed by atoms with Crippen molar-refractivity contribution in [2.75, 3.05) is 7.05 Å². The molecule has 0 unspecified atom stereocenters. The SMILES string of the molecule is CN/C=C\C(=N)NC(=O)c1c(C)nc2c(C)cc(-c3ccccc3C(F)(F)F)nn12. The molecule has 7 nitrogen and oxygen atoms in total. The average Bonchev–Trinajstić information content (AvgIpc) is 3.02. The standard InChI is InChI=1S/C20H19F3N6O/c1-11-10-15(13-6-4-5-7-14(13)20(21,22)23)28-29-17(12(2)26-18(11)29)19(30)27-16(24)8-9-25-3/h4-10,25H,1-3H3,(H2,24,27,30)/b9-8-. The van der Waals surface area contributed by atoms with E-state index in [0.29, 0.717) is 16.9 Å². The number of alkyl halides is 3. The van der Waals surface area contributed by atoms with E-state index in [-0.39, 0.29) is 22.8 Å². The van der Waals surface area contributed by atoms with Gasteiger partial charge in [-0.15, -0.1) is 0 Å². The van der Waals surface area contributed by atoms with Crippen molar-refractivity contribution < 1.29 is 18.0 Å². The molecule has 3 rings (SSSR count). The van der Waals surface area contributed by atoms with Gasteiger partial charge in [0.25, 0.3) is 5.91 Å². The minimum Gasteiger partial charge on any atom is -0.394 e. The summed E-state index contributed by atoms with van der Waals surface area (Å²) in [4.78, 5) is 17.0. The highest BCUT2D eigenvalue weighted by atomic mass is 19.4. The molecule has 0 aliphatic carbocycles. The first-order valence-electron chi connectivity index (χ1n) is 8.90. The lowest BCUT2D eigenvalue weighted by Gasteiger charge is -2.13. The Morgan fingerprint density at radius 1 is 1.23 bits per heavy atom. The van der Waals surface area contributed by atoms with Crippen LogP contribution in [-0.4, -0.2) is 33.4 Å². The molecule has 30 heavy (non-hydrogen) atoms. The van der Waals surface area contributed by atoms with Gasteiger partial charge >= 0.3 is 6.18 Å². The molecule has 0 saturated heterocycles. The van der Waals surface area contributed by atoms with Gasteiger partial charge < -0.3 is 10.6 Å². The summed E-state index contributed by atoms with van der Waals surface area (Å²) in [5.74, 6) is -0.807. The number of halogens is 3. The Bertz CT molecular complexity index is 1160. The zero-order valence-corrected chi connectivity index (χ0v) is 16.4. The summed E-state index contributed by atoms with van der Waals surface area (Å²) >= 11 is 0. The minimum absolute atomic E-state index is 0.0436. The van der Waals surface area contributed by atoms with Gasteiger partial charge in [-0.05, 0) is 43.8 Å². The zero-order chi connectivity index (χ0) is 22.1. The Kier molecular flexibility index (Phi) is 5.59. The van der Waals surface area contributed by atoms with Gasteiger partial charge in [0.2, 0.25) is 0 Å². The fourth-order valence-corrected chi connectivity index (χ4v) is 3.01. The van der Waals surface area contributed by atoms with Crippen molar-refractivity contribution in [1.82, 2.24) is 25.2 Å². The van der Waals surface area contributed by atoms with Gasteiger partial charge in [-0.25, -0.2) is 9.50 Å². The number of rotatable bonds is 4. The molecule has 0 atom stereocenters. The highest BCUT2D eigenvalue weighted by molar-refractivity contribution is 6.09. The largest absolute Gasteiger partial charge is 0.417 e. The van der Waals surface area contributed by atoms with E-state index in [1.165, 1.54) is 41.1 Å². The first kappa shape index (κ1) is 21.0.